The van der Waals surface area contributed by atoms with E-state index in [1.807, 2.05) is 25.1 Å². The largest absolute Gasteiger partial charge is 0.204 e. The third-order valence-corrected chi connectivity index (χ3v) is 4.17. The summed E-state index contributed by atoms with van der Waals surface area (Å²) >= 11 is 9.74. The number of halogens is 4. The van der Waals surface area contributed by atoms with Gasteiger partial charge in [-0.1, -0.05) is 34.1 Å². The SMILES string of the molecule is Cc1c(Br)cccc1C(Cl)c1ccc(F)c(F)c1. The third-order valence-electron chi connectivity index (χ3n) is 2.82. The van der Waals surface area contributed by atoms with Crippen LogP contribution in [0.1, 0.15) is 22.1 Å². The van der Waals surface area contributed by atoms with Gasteiger partial charge in [0.1, 0.15) is 0 Å². The predicted molar refractivity (Wildman–Crippen MR) is 72.9 cm³/mol. The van der Waals surface area contributed by atoms with Crippen LogP contribution >= 0.6 is 27.5 Å². The fourth-order valence-corrected chi connectivity index (χ4v) is 2.50. The van der Waals surface area contributed by atoms with Crippen LogP contribution in [-0.2, 0) is 0 Å². The minimum absolute atomic E-state index is 0.502. The first-order valence-electron chi connectivity index (χ1n) is 5.34. The highest BCUT2D eigenvalue weighted by Gasteiger charge is 2.16. The molecule has 0 N–H and O–H groups in total. The molecular formula is C14H10BrClF2. The van der Waals surface area contributed by atoms with Crippen molar-refractivity contribution in [3.63, 3.8) is 0 Å². The van der Waals surface area contributed by atoms with Gasteiger partial charge in [0.2, 0.25) is 0 Å². The van der Waals surface area contributed by atoms with Gasteiger partial charge >= 0.3 is 0 Å². The quantitative estimate of drug-likeness (QED) is 0.650. The van der Waals surface area contributed by atoms with Gasteiger partial charge in [-0.3, -0.25) is 0 Å². The van der Waals surface area contributed by atoms with Crippen molar-refractivity contribution >= 4 is 27.5 Å². The Morgan fingerprint density at radius 3 is 2.50 bits per heavy atom. The van der Waals surface area contributed by atoms with Gasteiger partial charge in [0.15, 0.2) is 11.6 Å². The summed E-state index contributed by atoms with van der Waals surface area (Å²) in [6.45, 7) is 1.93. The zero-order valence-corrected chi connectivity index (χ0v) is 11.9. The first kappa shape index (κ1) is 13.5. The number of benzene rings is 2. The summed E-state index contributed by atoms with van der Waals surface area (Å²) in [5.74, 6) is -1.75. The average molecular weight is 332 g/mol. The summed E-state index contributed by atoms with van der Waals surface area (Å²) in [6, 6.07) is 9.37. The van der Waals surface area contributed by atoms with E-state index in [4.69, 9.17) is 11.6 Å². The van der Waals surface area contributed by atoms with E-state index in [1.165, 1.54) is 6.07 Å². The Balaban J connectivity index is 2.44. The van der Waals surface area contributed by atoms with Crippen molar-refractivity contribution in [3.05, 3.63) is 69.2 Å². The Kier molecular flexibility index (Phi) is 4.03. The maximum atomic E-state index is 13.2. The molecule has 2 rings (SSSR count). The summed E-state index contributed by atoms with van der Waals surface area (Å²) in [5, 5.41) is -0.502. The van der Waals surface area contributed by atoms with Crippen LogP contribution in [-0.4, -0.2) is 0 Å². The first-order chi connectivity index (χ1) is 8.50. The summed E-state index contributed by atoms with van der Waals surface area (Å²) in [7, 11) is 0. The zero-order chi connectivity index (χ0) is 13.3. The fourth-order valence-electron chi connectivity index (χ4n) is 1.75. The Morgan fingerprint density at radius 2 is 1.83 bits per heavy atom. The highest BCUT2D eigenvalue weighted by atomic mass is 79.9. The van der Waals surface area contributed by atoms with E-state index < -0.39 is 17.0 Å². The van der Waals surface area contributed by atoms with E-state index in [9.17, 15) is 8.78 Å². The highest BCUT2D eigenvalue weighted by Crippen LogP contribution is 2.34. The van der Waals surface area contributed by atoms with E-state index in [0.29, 0.717) is 5.56 Å². The van der Waals surface area contributed by atoms with Gasteiger partial charge < -0.3 is 0 Å². The monoisotopic (exact) mass is 330 g/mol. The Bertz CT molecular complexity index is 584. The molecule has 4 heteroatoms. The van der Waals surface area contributed by atoms with E-state index >= 15 is 0 Å². The second-order valence-electron chi connectivity index (χ2n) is 3.99. The van der Waals surface area contributed by atoms with Crippen molar-refractivity contribution in [2.24, 2.45) is 0 Å². The van der Waals surface area contributed by atoms with Crippen LogP contribution < -0.4 is 0 Å². The van der Waals surface area contributed by atoms with Gasteiger partial charge in [-0.25, -0.2) is 8.78 Å². The van der Waals surface area contributed by atoms with Gasteiger partial charge in [0.25, 0.3) is 0 Å². The number of hydrogen-bond acceptors (Lipinski definition) is 0. The van der Waals surface area contributed by atoms with E-state index in [1.54, 1.807) is 0 Å². The van der Waals surface area contributed by atoms with Gasteiger partial charge in [-0.15, -0.1) is 11.6 Å². The van der Waals surface area contributed by atoms with Crippen molar-refractivity contribution in [2.75, 3.05) is 0 Å². The van der Waals surface area contributed by atoms with Crippen molar-refractivity contribution in [1.82, 2.24) is 0 Å². The molecule has 0 aliphatic carbocycles. The van der Waals surface area contributed by atoms with Crippen molar-refractivity contribution < 1.29 is 8.78 Å². The number of hydrogen-bond donors (Lipinski definition) is 0. The van der Waals surface area contributed by atoms with Gasteiger partial charge in [0, 0.05) is 4.47 Å². The van der Waals surface area contributed by atoms with Gasteiger partial charge in [0.05, 0.1) is 5.38 Å². The minimum atomic E-state index is -0.884. The Morgan fingerprint density at radius 1 is 1.11 bits per heavy atom. The maximum absolute atomic E-state index is 13.2. The maximum Gasteiger partial charge on any atom is 0.159 e. The summed E-state index contributed by atoms with van der Waals surface area (Å²) < 4.78 is 27.0. The molecule has 0 aliphatic rings. The summed E-state index contributed by atoms with van der Waals surface area (Å²) in [4.78, 5) is 0. The van der Waals surface area contributed by atoms with Crippen molar-refractivity contribution in [3.8, 4) is 0 Å². The van der Waals surface area contributed by atoms with Gasteiger partial charge in [-0.2, -0.15) is 0 Å². The summed E-state index contributed by atoms with van der Waals surface area (Å²) in [6.07, 6.45) is 0. The molecule has 0 radical (unpaired) electrons. The smallest absolute Gasteiger partial charge is 0.159 e. The topological polar surface area (TPSA) is 0 Å². The average Bonchev–Trinajstić information content (AvgIpc) is 2.35. The number of rotatable bonds is 2. The summed E-state index contributed by atoms with van der Waals surface area (Å²) in [5.41, 5.74) is 2.40. The van der Waals surface area contributed by atoms with Crippen LogP contribution in [0.4, 0.5) is 8.78 Å². The Hall–Kier alpha value is -0.930. The van der Waals surface area contributed by atoms with Crippen LogP contribution in [0.3, 0.4) is 0 Å². The molecule has 2 aromatic carbocycles. The lowest BCUT2D eigenvalue weighted by Gasteiger charge is -2.14. The second kappa shape index (κ2) is 5.37. The molecule has 18 heavy (non-hydrogen) atoms. The van der Waals surface area contributed by atoms with Crippen LogP contribution in [0.15, 0.2) is 40.9 Å². The molecule has 0 spiro atoms. The molecule has 0 fully saturated rings. The molecule has 0 saturated carbocycles. The molecular weight excluding hydrogens is 322 g/mol. The van der Waals surface area contributed by atoms with Crippen molar-refractivity contribution in [1.29, 1.82) is 0 Å². The minimum Gasteiger partial charge on any atom is -0.204 e. The standard InChI is InChI=1S/C14H10BrClF2/c1-8-10(3-2-4-11(8)15)14(16)9-5-6-12(17)13(18)7-9/h2-7,14H,1H3. The molecule has 0 nitrogen and oxygen atoms in total. The third kappa shape index (κ3) is 2.57. The number of alkyl halides is 1. The molecule has 0 aliphatic heterocycles. The van der Waals surface area contributed by atoms with Crippen molar-refractivity contribution in [2.45, 2.75) is 12.3 Å². The molecule has 0 aromatic heterocycles. The molecule has 0 saturated heterocycles. The normalized spacial score (nSPS) is 12.5. The van der Waals surface area contributed by atoms with Crippen LogP contribution in [0.5, 0.6) is 0 Å². The van der Waals surface area contributed by atoms with Crippen LogP contribution in [0.2, 0.25) is 0 Å². The molecule has 2 aromatic rings. The predicted octanol–water partition coefficient (Wildman–Crippen LogP) is 5.36. The molecule has 1 atom stereocenters. The molecule has 94 valence electrons. The van der Waals surface area contributed by atoms with Crippen LogP contribution in [0.25, 0.3) is 0 Å². The second-order valence-corrected chi connectivity index (χ2v) is 5.28. The van der Waals surface area contributed by atoms with Crippen LogP contribution in [0, 0.1) is 18.6 Å². The molecule has 0 bridgehead atoms. The fraction of sp³-hybridized carbons (Fsp3) is 0.143. The lowest BCUT2D eigenvalue weighted by molar-refractivity contribution is 0.507. The first-order valence-corrected chi connectivity index (χ1v) is 6.57. The van der Waals surface area contributed by atoms with E-state index in [-0.39, 0.29) is 0 Å². The highest BCUT2D eigenvalue weighted by molar-refractivity contribution is 9.10. The zero-order valence-electron chi connectivity index (χ0n) is 9.55. The van der Waals surface area contributed by atoms with E-state index in [0.717, 1.165) is 27.7 Å². The molecule has 1 unspecified atom stereocenters. The van der Waals surface area contributed by atoms with E-state index in [2.05, 4.69) is 15.9 Å². The lowest BCUT2D eigenvalue weighted by Crippen LogP contribution is -1.98. The Labute approximate surface area is 118 Å². The van der Waals surface area contributed by atoms with Gasteiger partial charge in [-0.05, 0) is 41.8 Å². The lowest BCUT2D eigenvalue weighted by atomic mass is 10.00. The molecule has 0 heterocycles. The molecule has 0 amide bonds.